The number of aryl methyl sites for hydroxylation is 2. The average molecular weight is 267 g/mol. The summed E-state index contributed by atoms with van der Waals surface area (Å²) in [4.78, 5) is 26.5. The Kier molecular flexibility index (Phi) is 4.13. The maximum absolute atomic E-state index is 11.8. The predicted molar refractivity (Wildman–Crippen MR) is 64.3 cm³/mol. The maximum Gasteiger partial charge on any atom is 0.305 e. The van der Waals surface area contributed by atoms with E-state index < -0.39 is 5.97 Å². The average Bonchev–Trinajstić information content (AvgIpc) is 3.09. The molecule has 0 bridgehead atoms. The summed E-state index contributed by atoms with van der Waals surface area (Å²) in [7, 11) is 0. The molecule has 1 aliphatic carbocycles. The molecule has 1 aliphatic rings. The van der Waals surface area contributed by atoms with Gasteiger partial charge in [0.15, 0.2) is 5.82 Å². The van der Waals surface area contributed by atoms with Crippen molar-refractivity contribution in [3.8, 4) is 0 Å². The number of aromatic nitrogens is 2. The highest BCUT2D eigenvalue weighted by molar-refractivity contribution is 5.77. The van der Waals surface area contributed by atoms with Crippen molar-refractivity contribution < 1.29 is 19.2 Å². The van der Waals surface area contributed by atoms with Gasteiger partial charge in [-0.2, -0.15) is 4.98 Å². The number of aliphatic carboxylic acids is 1. The first-order chi connectivity index (χ1) is 9.04. The Morgan fingerprint density at radius 3 is 2.79 bits per heavy atom. The van der Waals surface area contributed by atoms with E-state index in [2.05, 4.69) is 15.5 Å². The lowest BCUT2D eigenvalue weighted by Crippen LogP contribution is -2.38. The Morgan fingerprint density at radius 1 is 1.53 bits per heavy atom. The first-order valence-corrected chi connectivity index (χ1v) is 6.35. The van der Waals surface area contributed by atoms with E-state index in [9.17, 15) is 9.59 Å². The molecular weight excluding hydrogens is 250 g/mol. The zero-order valence-electron chi connectivity index (χ0n) is 10.8. The normalized spacial score (nSPS) is 16.1. The van der Waals surface area contributed by atoms with Crippen LogP contribution in [0.2, 0.25) is 0 Å². The molecule has 19 heavy (non-hydrogen) atoms. The molecule has 1 saturated carbocycles. The molecule has 1 unspecified atom stereocenters. The Bertz CT molecular complexity index is 467. The minimum Gasteiger partial charge on any atom is -0.481 e. The standard InChI is InChI=1S/C12H17N3O4/c1-7-13-11(19-15-7)5-4-10(16)14-9(6-12(17)18)8-2-3-8/h8-9H,2-6H2,1H3,(H,14,16)(H,17,18). The van der Waals surface area contributed by atoms with Gasteiger partial charge in [0.1, 0.15) is 0 Å². The molecule has 2 rings (SSSR count). The number of hydrogen-bond acceptors (Lipinski definition) is 5. The van der Waals surface area contributed by atoms with Gasteiger partial charge >= 0.3 is 5.97 Å². The number of nitrogens with zero attached hydrogens (tertiary/aromatic N) is 2. The molecule has 0 spiro atoms. The van der Waals surface area contributed by atoms with Crippen LogP contribution in [0.4, 0.5) is 0 Å². The van der Waals surface area contributed by atoms with Gasteiger partial charge in [-0.1, -0.05) is 5.16 Å². The van der Waals surface area contributed by atoms with Crippen molar-refractivity contribution in [1.82, 2.24) is 15.5 Å². The quantitative estimate of drug-likeness (QED) is 0.752. The van der Waals surface area contributed by atoms with Crippen LogP contribution in [0.1, 0.15) is 37.4 Å². The smallest absolute Gasteiger partial charge is 0.305 e. The zero-order chi connectivity index (χ0) is 13.8. The van der Waals surface area contributed by atoms with Crippen LogP contribution in [-0.2, 0) is 16.0 Å². The summed E-state index contributed by atoms with van der Waals surface area (Å²) in [5.41, 5.74) is 0. The summed E-state index contributed by atoms with van der Waals surface area (Å²) in [5.74, 6) is 0.218. The molecule has 0 aliphatic heterocycles. The number of hydrogen-bond donors (Lipinski definition) is 2. The van der Waals surface area contributed by atoms with Crippen LogP contribution < -0.4 is 5.32 Å². The number of nitrogens with one attached hydrogen (secondary N) is 1. The predicted octanol–water partition coefficient (Wildman–Crippen LogP) is 0.680. The van der Waals surface area contributed by atoms with Crippen LogP contribution in [0.15, 0.2) is 4.52 Å². The Labute approximate surface area is 110 Å². The highest BCUT2D eigenvalue weighted by atomic mass is 16.5. The third kappa shape index (κ3) is 4.35. The molecule has 0 radical (unpaired) electrons. The third-order valence-corrected chi connectivity index (χ3v) is 3.07. The lowest BCUT2D eigenvalue weighted by Gasteiger charge is -2.15. The topological polar surface area (TPSA) is 105 Å². The van der Waals surface area contributed by atoms with Gasteiger partial charge in [0.25, 0.3) is 0 Å². The summed E-state index contributed by atoms with van der Waals surface area (Å²) >= 11 is 0. The fraction of sp³-hybridized carbons (Fsp3) is 0.667. The molecule has 7 nitrogen and oxygen atoms in total. The van der Waals surface area contributed by atoms with Gasteiger partial charge < -0.3 is 14.9 Å². The molecule has 1 atom stereocenters. The molecule has 1 aromatic heterocycles. The monoisotopic (exact) mass is 267 g/mol. The fourth-order valence-electron chi connectivity index (χ4n) is 1.96. The maximum atomic E-state index is 11.8. The molecule has 2 N–H and O–H groups in total. The molecule has 0 saturated heterocycles. The van der Waals surface area contributed by atoms with Gasteiger partial charge in [0, 0.05) is 18.9 Å². The van der Waals surface area contributed by atoms with Crippen LogP contribution in [0.5, 0.6) is 0 Å². The van der Waals surface area contributed by atoms with Crippen molar-refractivity contribution in [2.24, 2.45) is 5.92 Å². The second-order valence-corrected chi connectivity index (χ2v) is 4.84. The second-order valence-electron chi connectivity index (χ2n) is 4.84. The lowest BCUT2D eigenvalue weighted by atomic mass is 10.1. The van der Waals surface area contributed by atoms with Crippen LogP contribution in [-0.4, -0.2) is 33.2 Å². The number of carboxylic acid groups (broad SMARTS) is 1. The lowest BCUT2D eigenvalue weighted by molar-refractivity contribution is -0.137. The second kappa shape index (κ2) is 5.81. The molecule has 7 heteroatoms. The van der Waals surface area contributed by atoms with Crippen molar-refractivity contribution in [1.29, 1.82) is 0 Å². The van der Waals surface area contributed by atoms with E-state index >= 15 is 0 Å². The van der Waals surface area contributed by atoms with Gasteiger partial charge in [-0.3, -0.25) is 9.59 Å². The molecule has 1 heterocycles. The van der Waals surface area contributed by atoms with Gasteiger partial charge in [0.2, 0.25) is 11.8 Å². The van der Waals surface area contributed by atoms with E-state index in [-0.39, 0.29) is 24.8 Å². The van der Waals surface area contributed by atoms with E-state index in [1.54, 1.807) is 6.92 Å². The molecule has 1 fully saturated rings. The number of rotatable bonds is 7. The molecule has 1 aromatic rings. The van der Waals surface area contributed by atoms with E-state index in [4.69, 9.17) is 9.63 Å². The van der Waals surface area contributed by atoms with Crippen LogP contribution in [0.3, 0.4) is 0 Å². The number of amides is 1. The fourth-order valence-corrected chi connectivity index (χ4v) is 1.96. The van der Waals surface area contributed by atoms with Crippen molar-refractivity contribution in [2.75, 3.05) is 0 Å². The Balaban J connectivity index is 1.77. The Morgan fingerprint density at radius 2 is 2.26 bits per heavy atom. The first-order valence-electron chi connectivity index (χ1n) is 6.35. The molecular formula is C12H17N3O4. The highest BCUT2D eigenvalue weighted by Crippen LogP contribution is 2.34. The molecule has 0 aromatic carbocycles. The number of carbonyl (C=O) groups excluding carboxylic acids is 1. The third-order valence-electron chi connectivity index (χ3n) is 3.07. The molecule has 1 amide bonds. The minimum atomic E-state index is -0.885. The van der Waals surface area contributed by atoms with Crippen LogP contribution >= 0.6 is 0 Å². The minimum absolute atomic E-state index is 0.0178. The highest BCUT2D eigenvalue weighted by Gasteiger charge is 2.33. The van der Waals surface area contributed by atoms with Crippen LogP contribution in [0, 0.1) is 12.8 Å². The summed E-state index contributed by atoms with van der Waals surface area (Å²) in [5, 5.41) is 15.2. The van der Waals surface area contributed by atoms with E-state index in [0.29, 0.717) is 24.1 Å². The van der Waals surface area contributed by atoms with Crippen molar-refractivity contribution >= 4 is 11.9 Å². The van der Waals surface area contributed by atoms with E-state index in [0.717, 1.165) is 12.8 Å². The van der Waals surface area contributed by atoms with Gasteiger partial charge in [0.05, 0.1) is 6.42 Å². The zero-order valence-corrected chi connectivity index (χ0v) is 10.8. The van der Waals surface area contributed by atoms with Gasteiger partial charge in [-0.15, -0.1) is 0 Å². The summed E-state index contributed by atoms with van der Waals surface area (Å²) in [6.07, 6.45) is 2.56. The SMILES string of the molecule is Cc1noc(CCC(=O)NC(CC(=O)O)C2CC2)n1. The summed E-state index contributed by atoms with van der Waals surface area (Å²) < 4.78 is 4.91. The largest absolute Gasteiger partial charge is 0.481 e. The van der Waals surface area contributed by atoms with Gasteiger partial charge in [-0.25, -0.2) is 0 Å². The number of carboxylic acids is 1. The first kappa shape index (κ1) is 13.5. The summed E-state index contributed by atoms with van der Waals surface area (Å²) in [6, 6.07) is -0.255. The van der Waals surface area contributed by atoms with Crippen molar-refractivity contribution in [3.63, 3.8) is 0 Å². The van der Waals surface area contributed by atoms with E-state index in [1.165, 1.54) is 0 Å². The number of carbonyl (C=O) groups is 2. The van der Waals surface area contributed by atoms with Crippen LogP contribution in [0.25, 0.3) is 0 Å². The summed E-state index contributed by atoms with van der Waals surface area (Å²) in [6.45, 7) is 1.71. The van der Waals surface area contributed by atoms with Gasteiger partial charge in [-0.05, 0) is 25.7 Å². The van der Waals surface area contributed by atoms with Crippen molar-refractivity contribution in [2.45, 2.75) is 45.1 Å². The Hall–Kier alpha value is -1.92. The molecule has 104 valence electrons. The van der Waals surface area contributed by atoms with E-state index in [1.807, 2.05) is 0 Å². The van der Waals surface area contributed by atoms with Crippen molar-refractivity contribution in [3.05, 3.63) is 11.7 Å².